The zero-order chi connectivity index (χ0) is 21.0. The molecular weight excluding hydrogens is 408 g/mol. The second-order valence-electron chi connectivity index (χ2n) is 5.75. The number of hydrogen-bond acceptors (Lipinski definition) is 8. The highest BCUT2D eigenvalue weighted by atomic mass is 35.5. The largest absolute Gasteiger partial charge is 0.494 e. The summed E-state index contributed by atoms with van der Waals surface area (Å²) in [5.74, 6) is -0.686. The van der Waals surface area contributed by atoms with Crippen LogP contribution in [-0.4, -0.2) is 43.7 Å². The summed E-state index contributed by atoms with van der Waals surface area (Å²) >= 11 is 6.08. The van der Waals surface area contributed by atoms with Gasteiger partial charge in [-0.25, -0.2) is 4.79 Å². The molecule has 0 radical (unpaired) electrons. The maximum Gasteiger partial charge on any atom is 0.338 e. The van der Waals surface area contributed by atoms with Crippen LogP contribution in [0.3, 0.4) is 0 Å². The van der Waals surface area contributed by atoms with E-state index in [1.54, 1.807) is 0 Å². The molecule has 0 atom stereocenters. The van der Waals surface area contributed by atoms with Crippen molar-refractivity contribution in [2.45, 2.75) is 0 Å². The van der Waals surface area contributed by atoms with Gasteiger partial charge in [-0.05, 0) is 18.2 Å². The van der Waals surface area contributed by atoms with E-state index in [0.29, 0.717) is 24.7 Å². The highest BCUT2D eigenvalue weighted by Crippen LogP contribution is 2.38. The van der Waals surface area contributed by atoms with Gasteiger partial charge in [-0.2, -0.15) is 0 Å². The molecule has 11 heteroatoms. The standard InChI is InChI=1S/C18H15ClN2O8/c1-26-14-8-11(21(24)25)2-3-13(14)20-16(22)9-29-18(23)10-6-12(19)17-15(7-10)27-4-5-28-17/h2-3,6-8H,4-5,9H2,1H3,(H,20,22). The van der Waals surface area contributed by atoms with Gasteiger partial charge in [-0.1, -0.05) is 11.6 Å². The first kappa shape index (κ1) is 20.2. The number of hydrogen-bond donors (Lipinski definition) is 1. The van der Waals surface area contributed by atoms with Crippen LogP contribution in [0.1, 0.15) is 10.4 Å². The molecule has 0 unspecified atom stereocenters. The number of nitrogens with one attached hydrogen (secondary N) is 1. The van der Waals surface area contributed by atoms with Crippen molar-refractivity contribution in [3.8, 4) is 17.2 Å². The van der Waals surface area contributed by atoms with Crippen LogP contribution in [0.25, 0.3) is 0 Å². The number of anilines is 1. The first-order valence-corrected chi connectivity index (χ1v) is 8.65. The van der Waals surface area contributed by atoms with Gasteiger partial charge in [0.1, 0.15) is 19.0 Å². The summed E-state index contributed by atoms with van der Waals surface area (Å²) in [7, 11) is 1.31. The van der Waals surface area contributed by atoms with Crippen molar-refractivity contribution in [2.24, 2.45) is 0 Å². The van der Waals surface area contributed by atoms with Crippen LogP contribution in [0.15, 0.2) is 30.3 Å². The molecule has 0 saturated heterocycles. The van der Waals surface area contributed by atoms with Crippen molar-refractivity contribution in [1.29, 1.82) is 0 Å². The second kappa shape index (κ2) is 8.65. The molecule has 152 valence electrons. The maximum absolute atomic E-state index is 12.2. The lowest BCUT2D eigenvalue weighted by molar-refractivity contribution is -0.384. The highest BCUT2D eigenvalue weighted by molar-refractivity contribution is 6.32. The molecule has 1 amide bonds. The Morgan fingerprint density at radius 1 is 1.24 bits per heavy atom. The average Bonchev–Trinajstić information content (AvgIpc) is 2.72. The van der Waals surface area contributed by atoms with Crippen molar-refractivity contribution in [2.75, 3.05) is 32.2 Å². The summed E-state index contributed by atoms with van der Waals surface area (Å²) in [4.78, 5) is 34.5. The van der Waals surface area contributed by atoms with Crippen LogP contribution in [0.4, 0.5) is 11.4 Å². The number of fused-ring (bicyclic) bond motifs is 1. The number of benzene rings is 2. The lowest BCUT2D eigenvalue weighted by Gasteiger charge is -2.20. The summed E-state index contributed by atoms with van der Waals surface area (Å²) in [5, 5.41) is 13.5. The highest BCUT2D eigenvalue weighted by Gasteiger charge is 2.21. The normalized spacial score (nSPS) is 12.1. The van der Waals surface area contributed by atoms with Gasteiger partial charge in [-0.3, -0.25) is 14.9 Å². The first-order chi connectivity index (χ1) is 13.9. The third-order valence-electron chi connectivity index (χ3n) is 3.84. The van der Waals surface area contributed by atoms with E-state index in [2.05, 4.69) is 5.32 Å². The molecule has 1 aliphatic rings. The maximum atomic E-state index is 12.2. The molecule has 0 bridgehead atoms. The van der Waals surface area contributed by atoms with Gasteiger partial charge in [-0.15, -0.1) is 0 Å². The van der Waals surface area contributed by atoms with E-state index in [-0.39, 0.29) is 27.7 Å². The molecule has 0 aliphatic carbocycles. The van der Waals surface area contributed by atoms with Crippen LogP contribution in [0, 0.1) is 10.1 Å². The first-order valence-electron chi connectivity index (χ1n) is 8.27. The molecule has 0 spiro atoms. The minimum atomic E-state index is -0.783. The van der Waals surface area contributed by atoms with Crippen molar-refractivity contribution in [1.82, 2.24) is 0 Å². The number of esters is 1. The Morgan fingerprint density at radius 2 is 2.00 bits per heavy atom. The zero-order valence-corrected chi connectivity index (χ0v) is 15.9. The number of methoxy groups -OCH3 is 1. The molecule has 0 saturated carbocycles. The van der Waals surface area contributed by atoms with Gasteiger partial charge in [0.15, 0.2) is 18.1 Å². The SMILES string of the molecule is COc1cc([N+](=O)[O-])ccc1NC(=O)COC(=O)c1cc(Cl)c2c(c1)OCCO2. The summed E-state index contributed by atoms with van der Waals surface area (Å²) in [6, 6.07) is 6.46. The van der Waals surface area contributed by atoms with E-state index in [0.717, 1.165) is 0 Å². The Labute approximate surface area is 169 Å². The molecule has 2 aromatic rings. The third kappa shape index (κ3) is 4.66. The summed E-state index contributed by atoms with van der Waals surface area (Å²) in [6.07, 6.45) is 0. The number of amides is 1. The lowest BCUT2D eigenvalue weighted by Crippen LogP contribution is -2.21. The van der Waals surface area contributed by atoms with E-state index in [4.69, 9.17) is 30.5 Å². The topological polar surface area (TPSA) is 126 Å². The van der Waals surface area contributed by atoms with Gasteiger partial charge < -0.3 is 24.3 Å². The Hall–Kier alpha value is -3.53. The minimum absolute atomic E-state index is 0.0949. The molecule has 3 rings (SSSR count). The smallest absolute Gasteiger partial charge is 0.338 e. The Balaban J connectivity index is 1.63. The molecule has 0 fully saturated rings. The summed E-state index contributed by atoms with van der Waals surface area (Å²) < 4.78 is 20.8. The fourth-order valence-corrected chi connectivity index (χ4v) is 2.79. The van der Waals surface area contributed by atoms with Crippen molar-refractivity contribution < 1.29 is 33.5 Å². The van der Waals surface area contributed by atoms with Crippen LogP contribution in [-0.2, 0) is 9.53 Å². The minimum Gasteiger partial charge on any atom is -0.494 e. The predicted octanol–water partition coefficient (Wildman–Crippen LogP) is 2.82. The van der Waals surface area contributed by atoms with E-state index in [9.17, 15) is 19.7 Å². The number of nitro benzene ring substituents is 1. The Kier molecular flexibility index (Phi) is 6.03. The fraction of sp³-hybridized carbons (Fsp3) is 0.222. The number of nitro groups is 1. The number of non-ortho nitro benzene ring substituents is 1. The molecule has 2 aromatic carbocycles. The molecule has 1 aliphatic heterocycles. The number of carbonyl (C=O) groups is 2. The van der Waals surface area contributed by atoms with Gasteiger partial charge in [0.2, 0.25) is 0 Å². The van der Waals surface area contributed by atoms with E-state index in [1.807, 2.05) is 0 Å². The number of carbonyl (C=O) groups excluding carboxylic acids is 2. The Bertz CT molecular complexity index is 979. The quantitative estimate of drug-likeness (QED) is 0.427. The van der Waals surface area contributed by atoms with Gasteiger partial charge in [0, 0.05) is 6.07 Å². The Morgan fingerprint density at radius 3 is 2.72 bits per heavy atom. The second-order valence-corrected chi connectivity index (χ2v) is 6.16. The predicted molar refractivity (Wildman–Crippen MR) is 101 cm³/mol. The molecule has 0 aromatic heterocycles. The van der Waals surface area contributed by atoms with E-state index < -0.39 is 23.4 Å². The summed E-state index contributed by atoms with van der Waals surface area (Å²) in [5.41, 5.74) is 0.100. The fourth-order valence-electron chi connectivity index (χ4n) is 2.53. The number of rotatable bonds is 6. The lowest BCUT2D eigenvalue weighted by atomic mass is 10.2. The number of halogens is 1. The van der Waals surface area contributed by atoms with Crippen LogP contribution >= 0.6 is 11.6 Å². The summed E-state index contributed by atoms with van der Waals surface area (Å²) in [6.45, 7) is 0.0785. The van der Waals surface area contributed by atoms with Gasteiger partial charge in [0.05, 0.1) is 34.4 Å². The number of ether oxygens (including phenoxy) is 4. The third-order valence-corrected chi connectivity index (χ3v) is 4.12. The van der Waals surface area contributed by atoms with Crippen molar-refractivity contribution in [3.05, 3.63) is 51.0 Å². The van der Waals surface area contributed by atoms with Crippen molar-refractivity contribution >= 4 is 34.9 Å². The molecule has 1 heterocycles. The molecule has 29 heavy (non-hydrogen) atoms. The van der Waals surface area contributed by atoms with Gasteiger partial charge in [0.25, 0.3) is 11.6 Å². The number of nitrogens with zero attached hydrogens (tertiary/aromatic N) is 1. The van der Waals surface area contributed by atoms with E-state index in [1.165, 1.54) is 37.4 Å². The van der Waals surface area contributed by atoms with Gasteiger partial charge >= 0.3 is 5.97 Å². The van der Waals surface area contributed by atoms with Crippen LogP contribution in [0.2, 0.25) is 5.02 Å². The van der Waals surface area contributed by atoms with E-state index >= 15 is 0 Å². The molecule has 1 N–H and O–H groups in total. The van der Waals surface area contributed by atoms with Crippen LogP contribution in [0.5, 0.6) is 17.2 Å². The van der Waals surface area contributed by atoms with Crippen LogP contribution < -0.4 is 19.5 Å². The van der Waals surface area contributed by atoms with Crippen molar-refractivity contribution in [3.63, 3.8) is 0 Å². The zero-order valence-electron chi connectivity index (χ0n) is 15.1. The monoisotopic (exact) mass is 422 g/mol. The average molecular weight is 423 g/mol. The molecular formula is C18H15ClN2O8. The molecule has 10 nitrogen and oxygen atoms in total.